The van der Waals surface area contributed by atoms with E-state index in [2.05, 4.69) is 119 Å². The summed E-state index contributed by atoms with van der Waals surface area (Å²) >= 11 is 0. The van der Waals surface area contributed by atoms with Crippen LogP contribution in [0, 0.1) is 11.8 Å². The summed E-state index contributed by atoms with van der Waals surface area (Å²) in [5.41, 5.74) is 12.5. The first kappa shape index (κ1) is 28.5. The minimum absolute atomic E-state index is 0.444. The molecule has 3 fully saturated rings. The molecule has 2 heterocycles. The van der Waals surface area contributed by atoms with Crippen molar-refractivity contribution in [1.29, 1.82) is 0 Å². The normalized spacial score (nSPS) is 27.2. The average molecular weight is 585 g/mol. The fraction of sp³-hybridized carbons (Fsp3) is 0.450. The number of hydrogen-bond acceptors (Lipinski definition) is 4. The van der Waals surface area contributed by atoms with Crippen LogP contribution in [0.25, 0.3) is 0 Å². The largest absolute Gasteiger partial charge is 0.304 e. The molecule has 0 amide bonds. The zero-order valence-electron chi connectivity index (χ0n) is 26.7. The molecule has 3 aromatic rings. The topological polar surface area (TPSA) is 13.0 Å². The highest BCUT2D eigenvalue weighted by Gasteiger charge is 2.41. The Morgan fingerprint density at radius 3 is 1.57 bits per heavy atom. The van der Waals surface area contributed by atoms with Crippen LogP contribution in [0.5, 0.6) is 0 Å². The monoisotopic (exact) mass is 584 g/mol. The van der Waals surface area contributed by atoms with Gasteiger partial charge < -0.3 is 9.80 Å². The zero-order chi connectivity index (χ0) is 29.6. The van der Waals surface area contributed by atoms with Gasteiger partial charge in [0.2, 0.25) is 0 Å². The van der Waals surface area contributed by atoms with Crippen LogP contribution in [0.15, 0.2) is 96.1 Å². The van der Waals surface area contributed by atoms with Crippen LogP contribution in [0.3, 0.4) is 0 Å². The summed E-state index contributed by atoms with van der Waals surface area (Å²) in [6.07, 6.45) is 10.2. The number of hydrogen-bond donors (Lipinski definition) is 0. The summed E-state index contributed by atoms with van der Waals surface area (Å²) in [4.78, 5) is 10.3. The van der Waals surface area contributed by atoms with Gasteiger partial charge in [-0.25, -0.2) is 0 Å². The molecule has 3 aromatic carbocycles. The Morgan fingerprint density at radius 2 is 0.977 bits per heavy atom. The third kappa shape index (κ3) is 5.51. The molecular weight excluding hydrogens is 536 g/mol. The molecule has 6 aliphatic rings. The molecule has 228 valence electrons. The molecule has 1 saturated carbocycles. The minimum atomic E-state index is 0.444. The molecule has 0 radical (unpaired) electrons. The number of aryl methyl sites for hydroxylation is 1. The number of nitrogens with zero attached hydrogens (tertiary/aromatic N) is 4. The third-order valence-corrected chi connectivity index (χ3v) is 11.3. The lowest BCUT2D eigenvalue weighted by molar-refractivity contribution is 0.125. The fourth-order valence-electron chi connectivity index (χ4n) is 8.51. The van der Waals surface area contributed by atoms with Crippen molar-refractivity contribution < 1.29 is 0 Å². The molecule has 0 spiro atoms. The van der Waals surface area contributed by atoms with Crippen molar-refractivity contribution >= 4 is 0 Å². The van der Waals surface area contributed by atoms with Crippen LogP contribution in [-0.4, -0.2) is 86.1 Å². The van der Waals surface area contributed by atoms with Crippen LogP contribution >= 0.6 is 0 Å². The van der Waals surface area contributed by atoms with Crippen molar-refractivity contribution in [3.8, 4) is 0 Å². The Morgan fingerprint density at radius 1 is 0.500 bits per heavy atom. The van der Waals surface area contributed by atoms with Crippen molar-refractivity contribution in [2.75, 3.05) is 66.5 Å². The highest BCUT2D eigenvalue weighted by Crippen LogP contribution is 2.52. The third-order valence-electron chi connectivity index (χ3n) is 11.3. The number of likely N-dealkylation sites (N-methyl/N-ethyl adjacent to an activating group) is 2. The summed E-state index contributed by atoms with van der Waals surface area (Å²) in [6.45, 7) is 9.41. The number of allylic oxidation sites excluding steroid dienone is 2. The molecule has 2 saturated heterocycles. The van der Waals surface area contributed by atoms with Crippen molar-refractivity contribution in [3.05, 3.63) is 129 Å². The van der Waals surface area contributed by atoms with Gasteiger partial charge in [-0.2, -0.15) is 0 Å². The van der Waals surface area contributed by atoms with Crippen LogP contribution in [-0.2, 0) is 12.8 Å². The van der Waals surface area contributed by atoms with Crippen LogP contribution in [0.1, 0.15) is 58.3 Å². The van der Waals surface area contributed by atoms with Gasteiger partial charge in [0, 0.05) is 52.4 Å². The summed E-state index contributed by atoms with van der Waals surface area (Å²) < 4.78 is 0. The van der Waals surface area contributed by atoms with Gasteiger partial charge in [-0.05, 0) is 96.1 Å². The summed E-state index contributed by atoms with van der Waals surface area (Å²) in [6, 6.07) is 28.1. The van der Waals surface area contributed by atoms with E-state index in [-0.39, 0.29) is 0 Å². The molecule has 3 atom stereocenters. The summed E-state index contributed by atoms with van der Waals surface area (Å²) in [5, 5.41) is 0. The molecule has 0 N–H and O–H groups in total. The van der Waals surface area contributed by atoms with Crippen LogP contribution < -0.4 is 0 Å². The molecular formula is C40H48N4. The second kappa shape index (κ2) is 12.1. The van der Waals surface area contributed by atoms with E-state index in [9.17, 15) is 0 Å². The van der Waals surface area contributed by atoms with Crippen LogP contribution in [0.4, 0.5) is 0 Å². The number of piperazine rings is 2. The molecule has 4 nitrogen and oxygen atoms in total. The number of rotatable bonds is 2. The lowest BCUT2D eigenvalue weighted by atomic mass is 9.81. The van der Waals surface area contributed by atoms with E-state index in [0.717, 1.165) is 31.3 Å². The molecule has 0 bridgehead atoms. The summed E-state index contributed by atoms with van der Waals surface area (Å²) in [7, 11) is 4.47. The smallest absolute Gasteiger partial charge is 0.0608 e. The van der Waals surface area contributed by atoms with Gasteiger partial charge in [0.05, 0.1) is 12.1 Å². The van der Waals surface area contributed by atoms with Gasteiger partial charge in [-0.15, -0.1) is 0 Å². The Bertz CT molecular complexity index is 1510. The molecule has 0 aromatic heterocycles. The number of benzene rings is 3. The van der Waals surface area contributed by atoms with E-state index < -0.39 is 0 Å². The molecule has 2 aliphatic heterocycles. The van der Waals surface area contributed by atoms with E-state index in [4.69, 9.17) is 0 Å². The highest BCUT2D eigenvalue weighted by molar-refractivity contribution is 5.51. The molecule has 44 heavy (non-hydrogen) atoms. The molecule has 4 heteroatoms. The van der Waals surface area contributed by atoms with E-state index >= 15 is 0 Å². The number of fused-ring (bicyclic) bond motifs is 5. The average Bonchev–Trinajstić information content (AvgIpc) is 3.85. The van der Waals surface area contributed by atoms with Crippen molar-refractivity contribution in [3.63, 3.8) is 0 Å². The van der Waals surface area contributed by atoms with E-state index in [0.29, 0.717) is 12.1 Å². The maximum atomic E-state index is 2.74. The van der Waals surface area contributed by atoms with Gasteiger partial charge in [0.25, 0.3) is 0 Å². The quantitative estimate of drug-likeness (QED) is 0.348. The maximum absolute atomic E-state index is 2.74. The van der Waals surface area contributed by atoms with E-state index in [1.807, 2.05) is 0 Å². The van der Waals surface area contributed by atoms with Crippen molar-refractivity contribution in [1.82, 2.24) is 19.6 Å². The highest BCUT2D eigenvalue weighted by atomic mass is 15.3. The Hall–Kier alpha value is -3.02. The maximum Gasteiger partial charge on any atom is 0.0608 e. The molecule has 4 aliphatic carbocycles. The first-order valence-corrected chi connectivity index (χ1v) is 17.1. The van der Waals surface area contributed by atoms with Gasteiger partial charge >= 0.3 is 0 Å². The summed E-state index contributed by atoms with van der Waals surface area (Å²) in [5.74, 6) is 1.71. The predicted molar refractivity (Wildman–Crippen MR) is 181 cm³/mol. The minimum Gasteiger partial charge on any atom is -0.304 e. The lowest BCUT2D eigenvalue weighted by Gasteiger charge is -2.41. The predicted octanol–water partition coefficient (Wildman–Crippen LogP) is 6.35. The van der Waals surface area contributed by atoms with Crippen LogP contribution in [0.2, 0.25) is 0 Å². The Labute approximate surface area is 264 Å². The second-order valence-corrected chi connectivity index (χ2v) is 14.1. The fourth-order valence-corrected chi connectivity index (χ4v) is 8.51. The first-order valence-electron chi connectivity index (χ1n) is 17.1. The standard InChI is InChI=1S/C21H26N2.C19H22N2/c1-22-8-10-23(11-9-22)21-19-5-3-2-4-15(19)6-7-16-12-17-13-18(17)14-20(16)21;1-20-10-12-21(13-11-20)19-17-8-4-2-6-15(17)14-16-7-3-5-9-18(16)19/h2-5,12,14,17-18,21H,6-11,13H2,1H3;2-9,19H,10-14H2,1H3. The Balaban J connectivity index is 0.000000132. The van der Waals surface area contributed by atoms with Gasteiger partial charge in [-0.1, -0.05) is 84.9 Å². The van der Waals surface area contributed by atoms with E-state index in [1.165, 1.54) is 80.8 Å². The van der Waals surface area contributed by atoms with Gasteiger partial charge in [0.1, 0.15) is 0 Å². The van der Waals surface area contributed by atoms with Crippen molar-refractivity contribution in [2.45, 2.75) is 37.8 Å². The SMILES string of the molecule is CN1CCN(C2C3=CC4CC4C=C3CCc3ccccc32)CC1.CN1CCN(C2c3ccccc3Cc3ccccc32)CC1. The van der Waals surface area contributed by atoms with Gasteiger partial charge in [0.15, 0.2) is 0 Å². The van der Waals surface area contributed by atoms with E-state index in [1.54, 1.807) is 22.3 Å². The molecule has 3 unspecified atom stereocenters. The molecule has 9 rings (SSSR count). The Kier molecular flexibility index (Phi) is 7.80. The zero-order valence-corrected chi connectivity index (χ0v) is 26.7. The van der Waals surface area contributed by atoms with Crippen molar-refractivity contribution in [2.24, 2.45) is 11.8 Å². The second-order valence-electron chi connectivity index (χ2n) is 14.1. The van der Waals surface area contributed by atoms with Gasteiger partial charge in [-0.3, -0.25) is 9.80 Å². The lowest BCUT2D eigenvalue weighted by Crippen LogP contribution is -2.47. The first-order chi connectivity index (χ1) is 21.6.